The number of hydrogen-bond donors (Lipinski definition) is 2. The summed E-state index contributed by atoms with van der Waals surface area (Å²) in [7, 11) is 2.64. The van der Waals surface area contributed by atoms with Crippen molar-refractivity contribution in [2.75, 3.05) is 21.3 Å². The van der Waals surface area contributed by atoms with Crippen LogP contribution in [0.15, 0.2) is 30.3 Å². The van der Waals surface area contributed by atoms with E-state index in [9.17, 15) is 10.2 Å². The summed E-state index contributed by atoms with van der Waals surface area (Å²) in [6.45, 7) is 10.9. The fourth-order valence-corrected chi connectivity index (χ4v) is 3.99. The zero-order valence-electron chi connectivity index (χ0n) is 19.9. The smallest absolute Gasteiger partial charge is 0.250 e. The molecule has 1 atom stereocenters. The second kappa shape index (κ2) is 9.83. The molecule has 0 heterocycles. The van der Waals surface area contributed by atoms with Gasteiger partial charge >= 0.3 is 0 Å². The van der Waals surface area contributed by atoms with E-state index in [1.165, 1.54) is 13.2 Å². The number of aromatic hydroxyl groups is 1. The molecule has 0 saturated carbocycles. The molecule has 7 heteroatoms. The minimum atomic E-state index is -2.09. The van der Waals surface area contributed by atoms with Gasteiger partial charge in [-0.15, -0.1) is 0 Å². The summed E-state index contributed by atoms with van der Waals surface area (Å²) >= 11 is 0. The van der Waals surface area contributed by atoms with Gasteiger partial charge in [-0.05, 0) is 66.4 Å². The maximum Gasteiger partial charge on any atom is 0.250 e. The lowest BCUT2D eigenvalue weighted by Gasteiger charge is -2.37. The zero-order valence-corrected chi connectivity index (χ0v) is 20.9. The van der Waals surface area contributed by atoms with Gasteiger partial charge in [0.25, 0.3) is 8.32 Å². The molecule has 0 fully saturated rings. The summed E-state index contributed by atoms with van der Waals surface area (Å²) in [5, 5.41) is 20.6. The van der Waals surface area contributed by atoms with Crippen LogP contribution in [-0.4, -0.2) is 39.9 Å². The van der Waals surface area contributed by atoms with Crippen molar-refractivity contribution >= 4 is 8.32 Å². The van der Waals surface area contributed by atoms with Crippen molar-refractivity contribution in [1.29, 1.82) is 0 Å². The zero-order chi connectivity index (χ0) is 23.4. The van der Waals surface area contributed by atoms with Gasteiger partial charge in [-0.2, -0.15) is 0 Å². The molecule has 0 spiro atoms. The third-order valence-corrected chi connectivity index (χ3v) is 10.3. The van der Waals surface area contributed by atoms with Crippen LogP contribution in [0.4, 0.5) is 0 Å². The Bertz CT molecular complexity index is 863. The van der Waals surface area contributed by atoms with E-state index in [4.69, 9.17) is 18.6 Å². The second-order valence-corrected chi connectivity index (χ2v) is 13.9. The van der Waals surface area contributed by atoms with Gasteiger partial charge in [0, 0.05) is 0 Å². The van der Waals surface area contributed by atoms with E-state index in [2.05, 4.69) is 33.9 Å². The number of benzene rings is 2. The lowest BCUT2D eigenvalue weighted by atomic mass is 10.0. The van der Waals surface area contributed by atoms with Crippen LogP contribution in [0.5, 0.6) is 28.7 Å². The third kappa shape index (κ3) is 5.86. The lowest BCUT2D eigenvalue weighted by Crippen LogP contribution is -2.44. The fraction of sp³-hybridized carbons (Fsp3) is 0.500. The van der Waals surface area contributed by atoms with Crippen molar-refractivity contribution in [2.24, 2.45) is 0 Å². The summed E-state index contributed by atoms with van der Waals surface area (Å²) < 4.78 is 22.8. The molecule has 0 aromatic heterocycles. The van der Waals surface area contributed by atoms with Crippen molar-refractivity contribution in [1.82, 2.24) is 0 Å². The summed E-state index contributed by atoms with van der Waals surface area (Å²) in [5.41, 5.74) is 1.60. The van der Waals surface area contributed by atoms with Crippen LogP contribution in [0, 0.1) is 0 Å². The predicted molar refractivity (Wildman–Crippen MR) is 125 cm³/mol. The molecule has 6 nitrogen and oxygen atoms in total. The molecule has 172 valence electrons. The highest BCUT2D eigenvalue weighted by Crippen LogP contribution is 2.45. The van der Waals surface area contributed by atoms with Gasteiger partial charge in [-0.1, -0.05) is 26.8 Å². The first-order valence-electron chi connectivity index (χ1n) is 10.4. The van der Waals surface area contributed by atoms with Crippen LogP contribution in [0.3, 0.4) is 0 Å². The molecular formula is C24H36O6Si. The number of ether oxygens (including phenoxy) is 3. The molecule has 2 rings (SSSR count). The highest BCUT2D eigenvalue weighted by atomic mass is 28.4. The minimum absolute atomic E-state index is 0.00881. The predicted octanol–water partition coefficient (Wildman–Crippen LogP) is 5.47. The van der Waals surface area contributed by atoms with Crippen molar-refractivity contribution < 1.29 is 28.8 Å². The van der Waals surface area contributed by atoms with Gasteiger partial charge in [0.05, 0.1) is 27.4 Å². The van der Waals surface area contributed by atoms with E-state index in [1.54, 1.807) is 26.4 Å². The van der Waals surface area contributed by atoms with E-state index in [-0.39, 0.29) is 10.8 Å². The Morgan fingerprint density at radius 3 is 1.90 bits per heavy atom. The summed E-state index contributed by atoms with van der Waals surface area (Å²) in [6, 6.07) is 8.79. The SMILES string of the molecule is COc1ccc(C(O)CCc2cc(OC)c(O[Si](C)(C)C(C)(C)C)c(OC)c2)cc1O. The van der Waals surface area contributed by atoms with E-state index >= 15 is 0 Å². The number of aliphatic hydroxyl groups is 1. The van der Waals surface area contributed by atoms with Gasteiger partial charge in [0.2, 0.25) is 0 Å². The average molecular weight is 449 g/mol. The van der Waals surface area contributed by atoms with Gasteiger partial charge in [0.15, 0.2) is 28.7 Å². The molecule has 2 aromatic rings. The van der Waals surface area contributed by atoms with Crippen molar-refractivity contribution in [3.63, 3.8) is 0 Å². The fourth-order valence-electron chi connectivity index (χ4n) is 2.97. The van der Waals surface area contributed by atoms with Crippen molar-refractivity contribution in [3.8, 4) is 28.7 Å². The number of rotatable bonds is 9. The molecule has 2 aromatic carbocycles. The highest BCUT2D eigenvalue weighted by Gasteiger charge is 2.40. The first-order chi connectivity index (χ1) is 14.4. The maximum atomic E-state index is 10.6. The Labute approximate surface area is 186 Å². The van der Waals surface area contributed by atoms with Gasteiger partial charge < -0.3 is 28.8 Å². The highest BCUT2D eigenvalue weighted by molar-refractivity contribution is 6.74. The van der Waals surface area contributed by atoms with E-state index < -0.39 is 14.4 Å². The Kier molecular flexibility index (Phi) is 7.89. The Morgan fingerprint density at radius 1 is 0.903 bits per heavy atom. The number of hydrogen-bond acceptors (Lipinski definition) is 6. The molecule has 0 aliphatic heterocycles. The number of aryl methyl sites for hydroxylation is 1. The number of phenols is 1. The Hall–Kier alpha value is -2.38. The largest absolute Gasteiger partial charge is 0.539 e. The van der Waals surface area contributed by atoms with Gasteiger partial charge in [0.1, 0.15) is 0 Å². The molecule has 0 radical (unpaired) electrons. The number of phenolic OH excluding ortho intramolecular Hbond substituents is 1. The topological polar surface area (TPSA) is 77.4 Å². The lowest BCUT2D eigenvalue weighted by molar-refractivity contribution is 0.167. The molecule has 0 bridgehead atoms. The van der Waals surface area contributed by atoms with Crippen LogP contribution >= 0.6 is 0 Å². The average Bonchev–Trinajstić information content (AvgIpc) is 2.71. The Balaban J connectivity index is 2.23. The van der Waals surface area contributed by atoms with Gasteiger partial charge in [-0.25, -0.2) is 0 Å². The Morgan fingerprint density at radius 2 is 1.45 bits per heavy atom. The van der Waals surface area contributed by atoms with Crippen LogP contribution < -0.4 is 18.6 Å². The van der Waals surface area contributed by atoms with E-state index in [0.29, 0.717) is 41.4 Å². The van der Waals surface area contributed by atoms with E-state index in [1.807, 2.05) is 12.1 Å². The number of methoxy groups -OCH3 is 3. The van der Waals surface area contributed by atoms with Crippen LogP contribution in [-0.2, 0) is 6.42 Å². The molecule has 1 unspecified atom stereocenters. The molecule has 0 aliphatic carbocycles. The molecule has 0 aliphatic rings. The number of aliphatic hydroxyl groups excluding tert-OH is 1. The molecule has 0 amide bonds. The molecular weight excluding hydrogens is 412 g/mol. The monoisotopic (exact) mass is 448 g/mol. The van der Waals surface area contributed by atoms with Crippen molar-refractivity contribution in [2.45, 2.75) is 57.8 Å². The minimum Gasteiger partial charge on any atom is -0.539 e. The maximum absolute atomic E-state index is 10.6. The first kappa shape index (κ1) is 24.9. The quantitative estimate of drug-likeness (QED) is 0.496. The summed E-state index contributed by atoms with van der Waals surface area (Å²) in [4.78, 5) is 0. The first-order valence-corrected chi connectivity index (χ1v) is 13.3. The van der Waals surface area contributed by atoms with Crippen LogP contribution in [0.1, 0.15) is 44.4 Å². The second-order valence-electron chi connectivity index (χ2n) is 9.18. The summed E-state index contributed by atoms with van der Waals surface area (Å²) in [6.07, 6.45) is 0.346. The molecule has 0 saturated heterocycles. The third-order valence-electron chi connectivity index (χ3n) is 5.98. The molecule has 31 heavy (non-hydrogen) atoms. The van der Waals surface area contributed by atoms with Crippen molar-refractivity contribution in [3.05, 3.63) is 41.5 Å². The summed E-state index contributed by atoms with van der Waals surface area (Å²) in [5.74, 6) is 2.25. The van der Waals surface area contributed by atoms with E-state index in [0.717, 1.165) is 5.56 Å². The normalized spacial score (nSPS) is 12.9. The van der Waals surface area contributed by atoms with Crippen LogP contribution in [0.25, 0.3) is 0 Å². The van der Waals surface area contributed by atoms with Gasteiger partial charge in [-0.3, -0.25) is 0 Å². The molecule has 2 N–H and O–H groups in total. The standard InChI is InChI=1S/C24H36O6Si/c1-24(2,3)31(7,8)30-23-21(28-5)13-16(14-22(23)29-6)9-11-18(25)17-10-12-20(27-4)19(26)15-17/h10,12-15,18,25-26H,9,11H2,1-8H3. The van der Waals surface area contributed by atoms with Crippen LogP contribution in [0.2, 0.25) is 18.1 Å².